The summed E-state index contributed by atoms with van der Waals surface area (Å²) in [6.45, 7) is 0. The van der Waals surface area contributed by atoms with Gasteiger partial charge in [-0.15, -0.1) is 11.3 Å². The Morgan fingerprint density at radius 2 is 2.46 bits per heavy atom. The van der Waals surface area contributed by atoms with Gasteiger partial charge >= 0.3 is 0 Å². The molecule has 0 aliphatic heterocycles. The summed E-state index contributed by atoms with van der Waals surface area (Å²) in [5.41, 5.74) is 6.14. The summed E-state index contributed by atoms with van der Waals surface area (Å²) in [7, 11) is 0. The number of carbonyl (C=O) groups excluding carboxylic acids is 1. The zero-order chi connectivity index (χ0) is 9.26. The Balaban J connectivity index is 2.39. The van der Waals surface area contributed by atoms with E-state index < -0.39 is 5.91 Å². The molecule has 0 aliphatic rings. The Hall–Kier alpha value is -1.69. The third kappa shape index (κ3) is 1.43. The fraction of sp³-hybridized carbons (Fsp3) is 0. The first kappa shape index (κ1) is 7.93. The van der Waals surface area contributed by atoms with Crippen LogP contribution in [-0.2, 0) is 0 Å². The average Bonchev–Trinajstić information content (AvgIpc) is 2.75. The Morgan fingerprint density at radius 3 is 3.00 bits per heavy atom. The van der Waals surface area contributed by atoms with Crippen LogP contribution in [0.5, 0.6) is 0 Å². The molecule has 0 spiro atoms. The number of nitrogens with one attached hydrogen (secondary N) is 1. The minimum atomic E-state index is -0.512. The van der Waals surface area contributed by atoms with Crippen LogP contribution in [0.4, 0.5) is 0 Å². The maximum Gasteiger partial charge on any atom is 0.268 e. The molecule has 0 aliphatic carbocycles. The number of imidazole rings is 1. The molecule has 0 unspecified atom stereocenters. The molecule has 0 atom stereocenters. The van der Waals surface area contributed by atoms with Crippen molar-refractivity contribution in [2.75, 3.05) is 0 Å². The summed E-state index contributed by atoms with van der Waals surface area (Å²) in [6, 6.07) is 0. The van der Waals surface area contributed by atoms with Crippen molar-refractivity contribution in [2.24, 2.45) is 5.73 Å². The fourth-order valence-electron chi connectivity index (χ4n) is 0.883. The zero-order valence-electron chi connectivity index (χ0n) is 6.52. The van der Waals surface area contributed by atoms with Crippen LogP contribution in [0, 0.1) is 0 Å². The van der Waals surface area contributed by atoms with Crippen LogP contribution in [0.3, 0.4) is 0 Å². The van der Waals surface area contributed by atoms with Crippen molar-refractivity contribution in [2.45, 2.75) is 0 Å². The fourth-order valence-corrected chi connectivity index (χ4v) is 1.67. The second kappa shape index (κ2) is 2.98. The second-order valence-corrected chi connectivity index (χ2v) is 3.23. The predicted molar refractivity (Wildman–Crippen MR) is 48.2 cm³/mol. The van der Waals surface area contributed by atoms with Crippen LogP contribution in [0.15, 0.2) is 17.9 Å². The number of hydrogen-bond acceptors (Lipinski definition) is 4. The van der Waals surface area contributed by atoms with Crippen LogP contribution in [0.2, 0.25) is 0 Å². The second-order valence-electron chi connectivity index (χ2n) is 2.37. The van der Waals surface area contributed by atoms with E-state index in [4.69, 9.17) is 5.73 Å². The summed E-state index contributed by atoms with van der Waals surface area (Å²) in [5, 5.41) is 2.34. The third-order valence-electron chi connectivity index (χ3n) is 1.49. The van der Waals surface area contributed by atoms with E-state index in [1.807, 2.05) is 0 Å². The summed E-state index contributed by atoms with van der Waals surface area (Å²) < 4.78 is 0. The standard InChI is InChI=1S/C7H6N4OS/c8-6(12)5-2-13-7(11-5)4-1-9-3-10-4/h1-3H,(H2,8,12)(H,9,10). The van der Waals surface area contributed by atoms with Crippen LogP contribution in [0.1, 0.15) is 10.5 Å². The minimum absolute atomic E-state index is 0.287. The zero-order valence-corrected chi connectivity index (χ0v) is 7.34. The number of nitrogens with zero attached hydrogens (tertiary/aromatic N) is 2. The van der Waals surface area contributed by atoms with Crippen LogP contribution in [-0.4, -0.2) is 20.9 Å². The Morgan fingerprint density at radius 1 is 1.62 bits per heavy atom. The molecule has 0 fully saturated rings. The maximum absolute atomic E-state index is 10.7. The molecule has 1 amide bonds. The first-order chi connectivity index (χ1) is 6.27. The Bertz CT molecular complexity index is 419. The highest BCUT2D eigenvalue weighted by Crippen LogP contribution is 2.20. The first-order valence-corrected chi connectivity index (χ1v) is 4.39. The number of amides is 1. The van der Waals surface area contributed by atoms with Crippen LogP contribution in [0.25, 0.3) is 10.7 Å². The number of thiazole rings is 1. The largest absolute Gasteiger partial charge is 0.364 e. The van der Waals surface area contributed by atoms with Crippen molar-refractivity contribution < 1.29 is 4.79 Å². The lowest BCUT2D eigenvalue weighted by Crippen LogP contribution is -2.10. The van der Waals surface area contributed by atoms with Gasteiger partial charge in [0, 0.05) is 5.38 Å². The van der Waals surface area contributed by atoms with Gasteiger partial charge in [-0.3, -0.25) is 4.79 Å². The number of rotatable bonds is 2. The smallest absolute Gasteiger partial charge is 0.268 e. The minimum Gasteiger partial charge on any atom is -0.364 e. The quantitative estimate of drug-likeness (QED) is 0.735. The molecule has 0 aromatic carbocycles. The number of carbonyl (C=O) groups is 1. The van der Waals surface area contributed by atoms with Gasteiger partial charge in [0.05, 0.1) is 18.2 Å². The molecule has 2 rings (SSSR count). The van der Waals surface area contributed by atoms with E-state index in [1.54, 1.807) is 17.9 Å². The average molecular weight is 194 g/mol. The van der Waals surface area contributed by atoms with Crippen molar-refractivity contribution in [1.29, 1.82) is 0 Å². The number of aromatic nitrogens is 3. The van der Waals surface area contributed by atoms with E-state index in [0.29, 0.717) is 5.01 Å². The molecule has 6 heteroatoms. The lowest BCUT2D eigenvalue weighted by Gasteiger charge is -1.86. The summed E-state index contributed by atoms with van der Waals surface area (Å²) in [5.74, 6) is -0.512. The van der Waals surface area contributed by atoms with Gasteiger partial charge in [-0.25, -0.2) is 9.97 Å². The summed E-state index contributed by atoms with van der Waals surface area (Å²) >= 11 is 1.35. The van der Waals surface area contributed by atoms with Crippen molar-refractivity contribution in [3.05, 3.63) is 23.6 Å². The molecule has 0 radical (unpaired) electrons. The van der Waals surface area contributed by atoms with Gasteiger partial charge in [0.1, 0.15) is 10.7 Å². The predicted octanol–water partition coefficient (Wildman–Crippen LogP) is 0.632. The van der Waals surface area contributed by atoms with Crippen LogP contribution < -0.4 is 5.73 Å². The maximum atomic E-state index is 10.7. The van der Waals surface area contributed by atoms with E-state index in [0.717, 1.165) is 5.69 Å². The SMILES string of the molecule is NC(=O)c1csc(-c2cnc[nH]2)n1. The van der Waals surface area contributed by atoms with Crippen molar-refractivity contribution in [3.8, 4) is 10.7 Å². The van der Waals surface area contributed by atoms with Crippen molar-refractivity contribution in [1.82, 2.24) is 15.0 Å². The first-order valence-electron chi connectivity index (χ1n) is 3.51. The molecule has 0 saturated heterocycles. The lowest BCUT2D eigenvalue weighted by atomic mass is 10.4. The van der Waals surface area contributed by atoms with Crippen molar-refractivity contribution >= 4 is 17.2 Å². The van der Waals surface area contributed by atoms with Gasteiger partial charge in [0.25, 0.3) is 5.91 Å². The van der Waals surface area contributed by atoms with Gasteiger partial charge < -0.3 is 10.7 Å². The summed E-state index contributed by atoms with van der Waals surface area (Å²) in [6.07, 6.45) is 3.20. The molecular weight excluding hydrogens is 188 g/mol. The number of hydrogen-bond donors (Lipinski definition) is 2. The van der Waals surface area contributed by atoms with Gasteiger partial charge in [-0.05, 0) is 0 Å². The molecule has 2 aromatic rings. The van der Waals surface area contributed by atoms with E-state index in [2.05, 4.69) is 15.0 Å². The molecule has 66 valence electrons. The lowest BCUT2D eigenvalue weighted by molar-refractivity contribution is 0.0996. The molecule has 2 heterocycles. The van der Waals surface area contributed by atoms with Crippen molar-refractivity contribution in [3.63, 3.8) is 0 Å². The molecular formula is C7H6N4OS. The number of aromatic amines is 1. The highest BCUT2D eigenvalue weighted by atomic mass is 32.1. The Kier molecular flexibility index (Phi) is 1.82. The van der Waals surface area contributed by atoms with E-state index in [1.165, 1.54) is 11.3 Å². The Labute approximate surface area is 77.6 Å². The number of primary amides is 1. The van der Waals surface area contributed by atoms with E-state index in [9.17, 15) is 4.79 Å². The molecule has 0 bridgehead atoms. The molecule has 5 nitrogen and oxygen atoms in total. The molecule has 13 heavy (non-hydrogen) atoms. The van der Waals surface area contributed by atoms with Gasteiger partial charge in [-0.1, -0.05) is 0 Å². The summed E-state index contributed by atoms with van der Waals surface area (Å²) in [4.78, 5) is 21.5. The van der Waals surface area contributed by atoms with Gasteiger partial charge in [-0.2, -0.15) is 0 Å². The van der Waals surface area contributed by atoms with Crippen LogP contribution >= 0.6 is 11.3 Å². The topological polar surface area (TPSA) is 84.7 Å². The van der Waals surface area contributed by atoms with Gasteiger partial charge in [0.2, 0.25) is 0 Å². The highest BCUT2D eigenvalue weighted by molar-refractivity contribution is 7.13. The highest BCUT2D eigenvalue weighted by Gasteiger charge is 2.08. The monoisotopic (exact) mass is 194 g/mol. The number of H-pyrrole nitrogens is 1. The third-order valence-corrected chi connectivity index (χ3v) is 2.36. The normalized spacial score (nSPS) is 10.2. The van der Waals surface area contributed by atoms with E-state index in [-0.39, 0.29) is 5.69 Å². The molecule has 2 aromatic heterocycles. The van der Waals surface area contributed by atoms with E-state index >= 15 is 0 Å². The molecule has 3 N–H and O–H groups in total. The number of nitrogens with two attached hydrogens (primary N) is 1. The van der Waals surface area contributed by atoms with Gasteiger partial charge in [0.15, 0.2) is 0 Å². The molecule has 0 saturated carbocycles.